The van der Waals surface area contributed by atoms with Crippen molar-refractivity contribution >= 4 is 46.3 Å². The second-order valence-corrected chi connectivity index (χ2v) is 11.3. The van der Waals surface area contributed by atoms with Crippen LogP contribution in [0.25, 0.3) is 16.4 Å². The Morgan fingerprint density at radius 3 is 2.55 bits per heavy atom. The summed E-state index contributed by atoms with van der Waals surface area (Å²) in [5.74, 6) is 0.773. The fourth-order valence-electron chi connectivity index (χ4n) is 3.30. The van der Waals surface area contributed by atoms with E-state index in [1.807, 2.05) is 43.8 Å². The van der Waals surface area contributed by atoms with Crippen molar-refractivity contribution < 1.29 is 4.52 Å². The number of thiazole rings is 1. The van der Waals surface area contributed by atoms with Crippen LogP contribution in [0, 0.1) is 20.8 Å². The summed E-state index contributed by atoms with van der Waals surface area (Å²) in [4.78, 5) is 4.94. The number of nitrogens with zero attached hydrogens (tertiary/aromatic N) is 4. The molecule has 0 bridgehead atoms. The highest BCUT2D eigenvalue weighted by atomic mass is 35.5. The van der Waals surface area contributed by atoms with Gasteiger partial charge >= 0.3 is 0 Å². The van der Waals surface area contributed by atoms with Gasteiger partial charge in [-0.25, -0.2) is 9.67 Å². The van der Waals surface area contributed by atoms with Crippen LogP contribution in [0.5, 0.6) is 0 Å². The average molecular weight is 493 g/mol. The molecule has 4 aromatic rings. The van der Waals surface area contributed by atoms with Gasteiger partial charge in [0.05, 0.1) is 21.2 Å². The van der Waals surface area contributed by atoms with Gasteiger partial charge in [-0.05, 0) is 44.0 Å². The molecule has 0 saturated carbocycles. The van der Waals surface area contributed by atoms with E-state index < -0.39 is 0 Å². The number of aromatic nitrogens is 4. The number of benzene rings is 1. The van der Waals surface area contributed by atoms with E-state index in [9.17, 15) is 0 Å². The van der Waals surface area contributed by atoms with E-state index in [1.54, 1.807) is 29.2 Å². The van der Waals surface area contributed by atoms with Crippen LogP contribution in [0.15, 0.2) is 33.1 Å². The minimum atomic E-state index is 0.425. The molecule has 0 N–H and O–H groups in total. The first-order valence-corrected chi connectivity index (χ1v) is 12.3. The van der Waals surface area contributed by atoms with Crippen LogP contribution in [0.4, 0.5) is 0 Å². The van der Waals surface area contributed by atoms with Crippen LogP contribution in [-0.2, 0) is 6.42 Å². The lowest BCUT2D eigenvalue weighted by atomic mass is 10.1. The maximum absolute atomic E-state index is 6.38. The Kier molecular flexibility index (Phi) is 6.49. The number of hydrogen-bond acceptors (Lipinski definition) is 6. The third-order valence-electron chi connectivity index (χ3n) is 4.79. The molecule has 3 aromatic heterocycles. The minimum absolute atomic E-state index is 0.425. The summed E-state index contributed by atoms with van der Waals surface area (Å²) in [5, 5.41) is 11.4. The number of halogens is 2. The Labute approximate surface area is 199 Å². The minimum Gasteiger partial charge on any atom is -0.361 e. The highest BCUT2D eigenvalue weighted by Crippen LogP contribution is 2.41. The van der Waals surface area contributed by atoms with Crippen molar-refractivity contribution in [2.45, 2.75) is 50.5 Å². The molecule has 0 atom stereocenters. The lowest BCUT2D eigenvalue weighted by Crippen LogP contribution is -1.94. The predicted octanol–water partition coefficient (Wildman–Crippen LogP) is 7.31. The Bertz CT molecular complexity index is 1220. The molecule has 0 aliphatic carbocycles. The summed E-state index contributed by atoms with van der Waals surface area (Å²) in [7, 11) is 0. The maximum Gasteiger partial charge on any atom is 0.211 e. The van der Waals surface area contributed by atoms with E-state index in [0.717, 1.165) is 48.9 Å². The quantitative estimate of drug-likeness (QED) is 0.264. The molecule has 0 radical (unpaired) electrons. The van der Waals surface area contributed by atoms with E-state index >= 15 is 0 Å². The average Bonchev–Trinajstić information content (AvgIpc) is 3.35. The molecule has 1 aromatic carbocycles. The molecule has 0 saturated heterocycles. The molecular formula is C22H22Cl2N4OS2. The van der Waals surface area contributed by atoms with Gasteiger partial charge in [0.15, 0.2) is 0 Å². The zero-order valence-corrected chi connectivity index (χ0v) is 21.0. The summed E-state index contributed by atoms with van der Waals surface area (Å²) in [6.45, 7) is 10.2. The van der Waals surface area contributed by atoms with Gasteiger partial charge in [-0.3, -0.25) is 0 Å². The fourth-order valence-corrected chi connectivity index (χ4v) is 6.19. The van der Waals surface area contributed by atoms with Gasteiger partial charge in [0.25, 0.3) is 0 Å². The molecular weight excluding hydrogens is 471 g/mol. The Hall–Kier alpha value is -1.80. The predicted molar refractivity (Wildman–Crippen MR) is 129 cm³/mol. The first-order chi connectivity index (χ1) is 14.7. The summed E-state index contributed by atoms with van der Waals surface area (Å²) in [6.07, 6.45) is 2.71. The Balaban J connectivity index is 1.72. The highest BCUT2D eigenvalue weighted by molar-refractivity contribution is 8.01. The zero-order valence-electron chi connectivity index (χ0n) is 17.9. The number of rotatable bonds is 6. The first-order valence-electron chi connectivity index (χ1n) is 9.83. The van der Waals surface area contributed by atoms with Gasteiger partial charge in [0.2, 0.25) is 5.13 Å². The van der Waals surface area contributed by atoms with Gasteiger partial charge in [0, 0.05) is 27.9 Å². The van der Waals surface area contributed by atoms with E-state index in [2.05, 4.69) is 19.0 Å². The number of thioether (sulfide) groups is 1. The summed E-state index contributed by atoms with van der Waals surface area (Å²) in [5.41, 5.74) is 5.76. The van der Waals surface area contributed by atoms with Crippen LogP contribution >= 0.6 is 46.3 Å². The van der Waals surface area contributed by atoms with Gasteiger partial charge in [0.1, 0.15) is 11.5 Å². The van der Waals surface area contributed by atoms with Crippen molar-refractivity contribution in [3.8, 4) is 16.4 Å². The van der Waals surface area contributed by atoms with Crippen molar-refractivity contribution in [1.82, 2.24) is 19.9 Å². The van der Waals surface area contributed by atoms with E-state index in [4.69, 9.17) is 37.8 Å². The number of hydrogen-bond donors (Lipinski definition) is 0. The topological polar surface area (TPSA) is 56.7 Å². The molecule has 31 heavy (non-hydrogen) atoms. The van der Waals surface area contributed by atoms with Crippen molar-refractivity contribution in [3.63, 3.8) is 0 Å². The van der Waals surface area contributed by atoms with Crippen molar-refractivity contribution in [1.29, 1.82) is 0 Å². The molecule has 5 nitrogen and oxygen atoms in total. The standard InChI is InChI=1S/C22H22Cl2N4OS2/c1-11(2)30-21-20(19-13(4)27-29-14(19)5)25-22(31-21)28-10-16(12(3)26-28)8-15-6-7-17(23)9-18(15)24/h6-7,9-11H,8H2,1-5H3. The second kappa shape index (κ2) is 8.98. The monoisotopic (exact) mass is 492 g/mol. The summed E-state index contributed by atoms with van der Waals surface area (Å²) < 4.78 is 8.38. The van der Waals surface area contributed by atoms with Crippen LogP contribution in [-0.4, -0.2) is 25.2 Å². The van der Waals surface area contributed by atoms with E-state index in [-0.39, 0.29) is 0 Å². The van der Waals surface area contributed by atoms with Crippen molar-refractivity contribution in [2.24, 2.45) is 0 Å². The summed E-state index contributed by atoms with van der Waals surface area (Å²) in [6, 6.07) is 5.58. The molecule has 0 amide bonds. The molecule has 0 unspecified atom stereocenters. The lowest BCUT2D eigenvalue weighted by Gasteiger charge is -2.03. The highest BCUT2D eigenvalue weighted by Gasteiger charge is 2.23. The van der Waals surface area contributed by atoms with Crippen LogP contribution in [0.2, 0.25) is 10.0 Å². The number of aryl methyl sites for hydroxylation is 3. The van der Waals surface area contributed by atoms with Gasteiger partial charge in [-0.1, -0.05) is 59.6 Å². The molecule has 0 aliphatic heterocycles. The first kappa shape index (κ1) is 22.4. The molecule has 9 heteroatoms. The third kappa shape index (κ3) is 4.70. The lowest BCUT2D eigenvalue weighted by molar-refractivity contribution is 0.393. The normalized spacial score (nSPS) is 11.6. The molecule has 0 fully saturated rings. The van der Waals surface area contributed by atoms with Crippen LogP contribution in [0.3, 0.4) is 0 Å². The van der Waals surface area contributed by atoms with Gasteiger partial charge in [-0.2, -0.15) is 5.10 Å². The van der Waals surface area contributed by atoms with Gasteiger partial charge < -0.3 is 4.52 Å². The largest absolute Gasteiger partial charge is 0.361 e. The van der Waals surface area contributed by atoms with Crippen LogP contribution < -0.4 is 0 Å². The Morgan fingerprint density at radius 2 is 1.90 bits per heavy atom. The van der Waals surface area contributed by atoms with E-state index in [1.165, 1.54) is 0 Å². The smallest absolute Gasteiger partial charge is 0.211 e. The zero-order chi connectivity index (χ0) is 22.3. The SMILES string of the molecule is Cc1nn(-c2nc(-c3c(C)noc3C)c(SC(C)C)s2)cc1Cc1ccc(Cl)cc1Cl. The molecule has 162 valence electrons. The fraction of sp³-hybridized carbons (Fsp3) is 0.318. The third-order valence-corrected chi connectivity index (χ3v) is 7.63. The summed E-state index contributed by atoms with van der Waals surface area (Å²) >= 11 is 15.8. The van der Waals surface area contributed by atoms with Crippen molar-refractivity contribution in [2.75, 3.05) is 0 Å². The van der Waals surface area contributed by atoms with Gasteiger partial charge in [-0.15, -0.1) is 11.8 Å². The van der Waals surface area contributed by atoms with Crippen LogP contribution in [0.1, 0.15) is 42.1 Å². The van der Waals surface area contributed by atoms with Crippen molar-refractivity contribution in [3.05, 3.63) is 62.7 Å². The molecule has 0 spiro atoms. The maximum atomic E-state index is 6.38. The Morgan fingerprint density at radius 1 is 1.13 bits per heavy atom. The second-order valence-electron chi connectivity index (χ2n) is 7.60. The van der Waals surface area contributed by atoms with E-state index in [0.29, 0.717) is 21.7 Å². The molecule has 4 rings (SSSR count). The molecule has 3 heterocycles. The molecule has 0 aliphatic rings.